The average Bonchev–Trinajstić information content (AvgIpc) is 1.38. The van der Waals surface area contributed by atoms with Crippen LogP contribution in [0.4, 0.5) is 0 Å². The van der Waals surface area contributed by atoms with Gasteiger partial charge in [-0.25, -0.2) is 0 Å². The Labute approximate surface area is 58.9 Å². The van der Waals surface area contributed by atoms with E-state index in [0.717, 1.165) is 0 Å². The van der Waals surface area contributed by atoms with E-state index in [1.54, 1.807) is 0 Å². The van der Waals surface area contributed by atoms with Gasteiger partial charge in [0.05, 0.1) is 0 Å². The molecule has 0 spiro atoms. The van der Waals surface area contributed by atoms with E-state index in [9.17, 15) is 0 Å². The molecule has 0 aliphatic heterocycles. The van der Waals surface area contributed by atoms with E-state index in [2.05, 4.69) is 0 Å². The van der Waals surface area contributed by atoms with E-state index in [0.29, 0.717) is 12.5 Å². The van der Waals surface area contributed by atoms with Crippen LogP contribution in [0, 0.1) is 5.92 Å². The third-order valence-corrected chi connectivity index (χ3v) is 0.365. The summed E-state index contributed by atoms with van der Waals surface area (Å²) in [4.78, 5) is 0. The molecule has 0 amide bonds. The van der Waals surface area contributed by atoms with Crippen molar-refractivity contribution in [3.8, 4) is 0 Å². The maximum absolute atomic E-state index is 8.14. The van der Waals surface area contributed by atoms with Crippen LogP contribution in [0.1, 0.15) is 13.8 Å². The first kappa shape index (κ1) is 9.99. The van der Waals surface area contributed by atoms with Crippen molar-refractivity contribution in [3.05, 3.63) is 0 Å². The van der Waals surface area contributed by atoms with E-state index >= 15 is 0 Å². The minimum absolute atomic E-state index is 0. The molecular weight excluding hydrogens is 271 g/mol. The predicted octanol–water partition coefficient (Wildman–Crippen LogP) is -0.282. The van der Waals surface area contributed by atoms with Crippen molar-refractivity contribution < 1.29 is 5.11 Å². The van der Waals surface area contributed by atoms with Gasteiger partial charge in [-0.15, -0.1) is 0 Å². The molecule has 0 fully saturated rings. The molecule has 0 unspecified atom stereocenters. The molecule has 0 aromatic rings. The van der Waals surface area contributed by atoms with Crippen LogP contribution in [-0.2, 0) is 0 Å². The van der Waals surface area contributed by atoms with Crippen LogP contribution in [0.5, 0.6) is 0 Å². The Bertz CT molecular complexity index is 21.5. The molecule has 0 aliphatic carbocycles. The van der Waals surface area contributed by atoms with Gasteiger partial charge in [0.1, 0.15) is 0 Å². The first-order valence-corrected chi connectivity index (χ1v) is 1.88. The van der Waals surface area contributed by atoms with Gasteiger partial charge >= 0.3 is 27.3 Å². The molecule has 2 radical (unpaired) electrons. The van der Waals surface area contributed by atoms with Crippen LogP contribution in [0.15, 0.2) is 0 Å². The Morgan fingerprint density at radius 1 is 1.50 bits per heavy atom. The van der Waals surface area contributed by atoms with Crippen molar-refractivity contribution in [2.75, 3.05) is 6.61 Å². The van der Waals surface area contributed by atoms with E-state index in [-0.39, 0.29) is 27.3 Å². The summed E-state index contributed by atoms with van der Waals surface area (Å²) in [5, 5.41) is 8.14. The van der Waals surface area contributed by atoms with E-state index in [1.165, 1.54) is 0 Å². The second-order valence-corrected chi connectivity index (χ2v) is 1.58. The molecule has 2 heteroatoms. The number of hydrogen-bond acceptors (Lipinski definition) is 1. The van der Waals surface area contributed by atoms with Gasteiger partial charge in [-0.05, 0) is 5.92 Å². The molecule has 0 heterocycles. The molecule has 38 valence electrons. The molecular formula is C4H12OPb. The molecule has 0 aromatic heterocycles. The van der Waals surface area contributed by atoms with Gasteiger partial charge in [-0.1, -0.05) is 13.8 Å². The first-order valence-electron chi connectivity index (χ1n) is 1.88. The molecule has 0 bridgehead atoms. The Balaban J connectivity index is 0. The number of aliphatic hydroxyl groups is 1. The zero-order chi connectivity index (χ0) is 4.28. The SMILES string of the molecule is CC(C)CO.[PbH2]. The minimum atomic E-state index is 0. The number of aliphatic hydroxyl groups excluding tert-OH is 1. The van der Waals surface area contributed by atoms with Gasteiger partial charge < -0.3 is 5.11 Å². The van der Waals surface area contributed by atoms with Crippen LogP contribution in [0.3, 0.4) is 0 Å². The Morgan fingerprint density at radius 2 is 1.67 bits per heavy atom. The van der Waals surface area contributed by atoms with Crippen molar-refractivity contribution in [1.29, 1.82) is 0 Å². The van der Waals surface area contributed by atoms with Crippen LogP contribution in [0.25, 0.3) is 0 Å². The normalized spacial score (nSPS) is 8.00. The molecule has 0 aromatic carbocycles. The van der Waals surface area contributed by atoms with Gasteiger partial charge in [-0.2, -0.15) is 0 Å². The van der Waals surface area contributed by atoms with Crippen LogP contribution >= 0.6 is 0 Å². The molecule has 0 saturated heterocycles. The van der Waals surface area contributed by atoms with Gasteiger partial charge in [0.2, 0.25) is 0 Å². The summed E-state index contributed by atoms with van der Waals surface area (Å²) in [7, 11) is 0. The van der Waals surface area contributed by atoms with Crippen molar-refractivity contribution in [3.63, 3.8) is 0 Å². The topological polar surface area (TPSA) is 20.2 Å². The van der Waals surface area contributed by atoms with Crippen molar-refractivity contribution in [1.82, 2.24) is 0 Å². The summed E-state index contributed by atoms with van der Waals surface area (Å²) in [6, 6.07) is 0. The predicted molar refractivity (Wildman–Crippen MR) is 30.5 cm³/mol. The van der Waals surface area contributed by atoms with Crippen LogP contribution in [0.2, 0.25) is 0 Å². The molecule has 0 atom stereocenters. The van der Waals surface area contributed by atoms with E-state index in [4.69, 9.17) is 5.11 Å². The Kier molecular flexibility index (Phi) is 9.79. The summed E-state index contributed by atoms with van der Waals surface area (Å²) in [5.74, 6) is 0.440. The summed E-state index contributed by atoms with van der Waals surface area (Å²) in [5.41, 5.74) is 0. The second-order valence-electron chi connectivity index (χ2n) is 1.58. The van der Waals surface area contributed by atoms with Gasteiger partial charge in [0, 0.05) is 6.61 Å². The number of hydrogen-bond donors (Lipinski definition) is 1. The first-order chi connectivity index (χ1) is 2.27. The molecule has 0 rings (SSSR count). The average molecular weight is 283 g/mol. The van der Waals surface area contributed by atoms with Crippen molar-refractivity contribution >= 4 is 27.3 Å². The van der Waals surface area contributed by atoms with E-state index < -0.39 is 0 Å². The summed E-state index contributed by atoms with van der Waals surface area (Å²) < 4.78 is 0. The summed E-state index contributed by atoms with van der Waals surface area (Å²) in [6.07, 6.45) is 0. The molecule has 1 N–H and O–H groups in total. The Hall–Kier alpha value is 0.882. The van der Waals surface area contributed by atoms with Crippen LogP contribution in [-0.4, -0.2) is 39.0 Å². The summed E-state index contributed by atoms with van der Waals surface area (Å²) >= 11 is 0. The Morgan fingerprint density at radius 3 is 1.67 bits per heavy atom. The standard InChI is InChI=1S/C4H10O.Pb.2H/c1-4(2)3-5;;;/h4-5H,3H2,1-2H3;;;. The third-order valence-electron chi connectivity index (χ3n) is 0.365. The summed E-state index contributed by atoms with van der Waals surface area (Å²) in [6.45, 7) is 4.25. The van der Waals surface area contributed by atoms with Gasteiger partial charge in [0.15, 0.2) is 0 Å². The third kappa shape index (κ3) is 8.86. The zero-order valence-corrected chi connectivity index (χ0v) is 9.94. The maximum atomic E-state index is 8.14. The van der Waals surface area contributed by atoms with Crippen LogP contribution < -0.4 is 0 Å². The number of rotatable bonds is 1. The fourth-order valence-corrected chi connectivity index (χ4v) is 0. The van der Waals surface area contributed by atoms with Gasteiger partial charge in [-0.3, -0.25) is 0 Å². The van der Waals surface area contributed by atoms with Crippen molar-refractivity contribution in [2.45, 2.75) is 13.8 Å². The second kappa shape index (κ2) is 5.88. The molecule has 6 heavy (non-hydrogen) atoms. The monoisotopic (exact) mass is 284 g/mol. The fraction of sp³-hybridized carbons (Fsp3) is 1.00. The molecule has 0 aliphatic rings. The quantitative estimate of drug-likeness (QED) is 0.656. The van der Waals surface area contributed by atoms with Crippen molar-refractivity contribution in [2.24, 2.45) is 5.92 Å². The molecule has 1 nitrogen and oxygen atoms in total. The zero-order valence-electron chi connectivity index (χ0n) is 4.44. The fourth-order valence-electron chi connectivity index (χ4n) is 0. The molecule has 0 saturated carbocycles. The van der Waals surface area contributed by atoms with E-state index in [1.807, 2.05) is 13.8 Å². The van der Waals surface area contributed by atoms with Gasteiger partial charge in [0.25, 0.3) is 0 Å².